The second-order valence-electron chi connectivity index (χ2n) is 2.62. The van der Waals surface area contributed by atoms with Gasteiger partial charge in [-0.2, -0.15) is 0 Å². The van der Waals surface area contributed by atoms with Crippen molar-refractivity contribution in [1.82, 2.24) is 4.98 Å². The molecule has 4 nitrogen and oxygen atoms in total. The molecule has 0 saturated heterocycles. The van der Waals surface area contributed by atoms with E-state index < -0.39 is 6.95 Å². The fourth-order valence-corrected chi connectivity index (χ4v) is 2.18. The van der Waals surface area contributed by atoms with Crippen LogP contribution in [-0.2, 0) is 13.6 Å². The van der Waals surface area contributed by atoms with E-state index >= 15 is 0 Å². The fourth-order valence-electron chi connectivity index (χ4n) is 1.07. The van der Waals surface area contributed by atoms with Crippen LogP contribution < -0.4 is 0 Å². The van der Waals surface area contributed by atoms with Crippen molar-refractivity contribution in [3.63, 3.8) is 0 Å². The highest BCUT2D eigenvalue weighted by Gasteiger charge is 2.27. The van der Waals surface area contributed by atoms with Gasteiger partial charge in [-0.1, -0.05) is 0 Å². The van der Waals surface area contributed by atoms with Crippen molar-refractivity contribution in [3.8, 4) is 0 Å². The van der Waals surface area contributed by atoms with Gasteiger partial charge in [0.1, 0.15) is 5.76 Å². The van der Waals surface area contributed by atoms with Crippen molar-refractivity contribution < 1.29 is 13.6 Å². The highest BCUT2D eigenvalue weighted by molar-refractivity contribution is 7.81. The van der Waals surface area contributed by atoms with E-state index in [2.05, 4.69) is 4.98 Å². The van der Waals surface area contributed by atoms with Crippen LogP contribution in [0.15, 0.2) is 30.6 Å². The minimum atomic E-state index is -3.42. The van der Waals surface area contributed by atoms with E-state index in [9.17, 15) is 4.57 Å². The van der Waals surface area contributed by atoms with Crippen molar-refractivity contribution in [2.45, 2.75) is 0 Å². The minimum Gasteiger partial charge on any atom is -0.413 e. The predicted molar refractivity (Wildman–Crippen MR) is 52.7 cm³/mol. The number of rotatable bonds is 1. The standard InChI is InChI=1S/C8H7ClNO3P/c9-14(11)12-6-3-8(13-14)7-1-4-10-5-2-7/h1-5H,6H2. The molecule has 1 aliphatic heterocycles. The van der Waals surface area contributed by atoms with Gasteiger partial charge in [-0.25, -0.2) is 4.57 Å². The lowest BCUT2D eigenvalue weighted by Gasteiger charge is -2.19. The molecule has 1 aromatic heterocycles. The van der Waals surface area contributed by atoms with Crippen LogP contribution in [0.25, 0.3) is 5.76 Å². The van der Waals surface area contributed by atoms with Crippen LogP contribution in [0.1, 0.15) is 5.56 Å². The lowest BCUT2D eigenvalue weighted by Crippen LogP contribution is -2.00. The topological polar surface area (TPSA) is 48.4 Å². The first-order valence-electron chi connectivity index (χ1n) is 3.92. The molecular weight excluding hydrogens is 225 g/mol. The molecular formula is C8H7ClNO3P. The number of hydrogen-bond acceptors (Lipinski definition) is 4. The summed E-state index contributed by atoms with van der Waals surface area (Å²) < 4.78 is 21.0. The molecule has 14 heavy (non-hydrogen) atoms. The molecule has 0 aliphatic carbocycles. The van der Waals surface area contributed by atoms with Gasteiger partial charge in [0.15, 0.2) is 0 Å². The Labute approximate surface area is 85.8 Å². The number of nitrogens with zero attached hydrogens (tertiary/aromatic N) is 1. The summed E-state index contributed by atoms with van der Waals surface area (Å²) in [5.41, 5.74) is 0.782. The summed E-state index contributed by atoms with van der Waals surface area (Å²) in [6.07, 6.45) is 4.91. The first-order chi connectivity index (χ1) is 6.67. The highest BCUT2D eigenvalue weighted by Crippen LogP contribution is 2.58. The van der Waals surface area contributed by atoms with Gasteiger partial charge in [-0.15, -0.1) is 0 Å². The molecule has 6 heteroatoms. The third-order valence-electron chi connectivity index (χ3n) is 1.67. The molecule has 0 aromatic carbocycles. The van der Waals surface area contributed by atoms with Crippen molar-refractivity contribution in [1.29, 1.82) is 0 Å². The zero-order valence-electron chi connectivity index (χ0n) is 7.09. The summed E-state index contributed by atoms with van der Waals surface area (Å²) in [6.45, 7) is -3.23. The molecule has 74 valence electrons. The highest BCUT2D eigenvalue weighted by atomic mass is 35.7. The lowest BCUT2D eigenvalue weighted by atomic mass is 10.2. The summed E-state index contributed by atoms with van der Waals surface area (Å²) in [7, 11) is 0. The van der Waals surface area contributed by atoms with Crippen LogP contribution in [0.4, 0.5) is 0 Å². The largest absolute Gasteiger partial charge is 0.477 e. The van der Waals surface area contributed by atoms with E-state index in [0.717, 1.165) is 5.56 Å². The van der Waals surface area contributed by atoms with Crippen molar-refractivity contribution >= 4 is 23.9 Å². The maximum atomic E-state index is 11.3. The number of aromatic nitrogens is 1. The van der Waals surface area contributed by atoms with E-state index in [1.165, 1.54) is 0 Å². The van der Waals surface area contributed by atoms with Crippen LogP contribution in [0.2, 0.25) is 0 Å². The minimum absolute atomic E-state index is 0.193. The Morgan fingerprint density at radius 1 is 1.43 bits per heavy atom. The summed E-state index contributed by atoms with van der Waals surface area (Å²) in [6, 6.07) is 3.49. The molecule has 0 amide bonds. The van der Waals surface area contributed by atoms with Gasteiger partial charge in [0, 0.05) is 29.2 Å². The van der Waals surface area contributed by atoms with Crippen LogP contribution in [0, 0.1) is 0 Å². The summed E-state index contributed by atoms with van der Waals surface area (Å²) in [4.78, 5) is 3.86. The molecule has 0 bridgehead atoms. The lowest BCUT2D eigenvalue weighted by molar-refractivity contribution is 0.282. The average Bonchev–Trinajstić information content (AvgIpc) is 2.18. The van der Waals surface area contributed by atoms with E-state index in [0.29, 0.717) is 5.76 Å². The molecule has 1 aliphatic rings. The Morgan fingerprint density at radius 3 is 2.79 bits per heavy atom. The van der Waals surface area contributed by atoms with E-state index in [1.54, 1.807) is 30.6 Å². The molecule has 0 radical (unpaired) electrons. The van der Waals surface area contributed by atoms with Gasteiger partial charge in [0.05, 0.1) is 6.61 Å². The van der Waals surface area contributed by atoms with E-state index in [4.69, 9.17) is 20.3 Å². The Morgan fingerprint density at radius 2 is 2.14 bits per heavy atom. The number of halogens is 1. The normalized spacial score (nSPS) is 26.5. The Balaban J connectivity index is 2.29. The third kappa shape index (κ3) is 2.15. The molecule has 1 aromatic rings. The van der Waals surface area contributed by atoms with E-state index in [-0.39, 0.29) is 6.61 Å². The monoisotopic (exact) mass is 231 g/mol. The molecule has 2 heterocycles. The fraction of sp³-hybridized carbons (Fsp3) is 0.125. The molecule has 2 rings (SSSR count). The first kappa shape index (κ1) is 9.71. The van der Waals surface area contributed by atoms with Gasteiger partial charge in [0.2, 0.25) is 0 Å². The molecule has 1 atom stereocenters. The van der Waals surface area contributed by atoms with Crippen molar-refractivity contribution in [2.24, 2.45) is 0 Å². The maximum absolute atomic E-state index is 11.3. The zero-order chi connectivity index (χ0) is 10.0. The Bertz CT molecular complexity index is 406. The molecule has 0 spiro atoms. The van der Waals surface area contributed by atoms with Crippen molar-refractivity contribution in [2.75, 3.05) is 6.61 Å². The predicted octanol–water partition coefficient (Wildman–Crippen LogP) is 2.82. The molecule has 0 N–H and O–H groups in total. The summed E-state index contributed by atoms with van der Waals surface area (Å²) in [5.74, 6) is 0.469. The summed E-state index contributed by atoms with van der Waals surface area (Å²) >= 11 is 5.47. The van der Waals surface area contributed by atoms with Crippen LogP contribution >= 0.6 is 18.2 Å². The van der Waals surface area contributed by atoms with Gasteiger partial charge < -0.3 is 4.52 Å². The van der Waals surface area contributed by atoms with Crippen LogP contribution in [0.3, 0.4) is 0 Å². The van der Waals surface area contributed by atoms with Gasteiger partial charge in [0.25, 0.3) is 0 Å². The Kier molecular flexibility index (Phi) is 2.59. The zero-order valence-corrected chi connectivity index (χ0v) is 8.74. The first-order valence-corrected chi connectivity index (χ1v) is 6.36. The molecule has 0 fully saturated rings. The molecule has 0 saturated carbocycles. The SMILES string of the molecule is O=P1(Cl)OCC=C(c2ccncc2)O1. The quantitative estimate of drug-likeness (QED) is 0.698. The van der Waals surface area contributed by atoms with E-state index in [1.807, 2.05) is 0 Å². The van der Waals surface area contributed by atoms with Crippen LogP contribution in [0.5, 0.6) is 0 Å². The van der Waals surface area contributed by atoms with Gasteiger partial charge in [-0.05, 0) is 18.2 Å². The number of hydrogen-bond donors (Lipinski definition) is 0. The smallest absolute Gasteiger partial charge is 0.413 e. The van der Waals surface area contributed by atoms with Crippen molar-refractivity contribution in [3.05, 3.63) is 36.2 Å². The van der Waals surface area contributed by atoms with Gasteiger partial charge >= 0.3 is 6.95 Å². The number of pyridine rings is 1. The second-order valence-corrected chi connectivity index (χ2v) is 5.17. The molecule has 1 unspecified atom stereocenters. The summed E-state index contributed by atoms with van der Waals surface area (Å²) in [5, 5.41) is 0. The Hall–Kier alpha value is -0.830. The van der Waals surface area contributed by atoms with Gasteiger partial charge in [-0.3, -0.25) is 9.51 Å². The van der Waals surface area contributed by atoms with Crippen LogP contribution in [-0.4, -0.2) is 11.6 Å². The average molecular weight is 232 g/mol. The third-order valence-corrected chi connectivity index (χ3v) is 3.04. The second kappa shape index (κ2) is 3.73. The maximum Gasteiger partial charge on any atom is 0.477 e.